The SMILES string of the molecule is O=C1Nc2ccccc2/C1=C\c1ccc(-c2cc(C(F)(F)F)cc(C(F)(F)F)c2)o1. The number of hydrogen-bond acceptors (Lipinski definition) is 2. The van der Waals surface area contributed by atoms with Crippen molar-refractivity contribution in [2.24, 2.45) is 0 Å². The maximum atomic E-state index is 13.1. The van der Waals surface area contributed by atoms with Gasteiger partial charge in [-0.15, -0.1) is 0 Å². The third kappa shape index (κ3) is 3.70. The fraction of sp³-hybridized carbons (Fsp3) is 0.0952. The first kappa shape index (κ1) is 19.8. The maximum Gasteiger partial charge on any atom is 0.416 e. The van der Waals surface area contributed by atoms with Crippen molar-refractivity contribution in [1.82, 2.24) is 0 Å². The summed E-state index contributed by atoms with van der Waals surface area (Å²) in [6.45, 7) is 0. The predicted molar refractivity (Wildman–Crippen MR) is 97.1 cm³/mol. The molecule has 1 N–H and O–H groups in total. The van der Waals surface area contributed by atoms with Crippen LogP contribution in [0.2, 0.25) is 0 Å². The first-order valence-corrected chi connectivity index (χ1v) is 8.54. The van der Waals surface area contributed by atoms with Crippen LogP contribution < -0.4 is 5.32 Å². The number of fused-ring (bicyclic) bond motifs is 1. The Labute approximate surface area is 165 Å². The molecular formula is C21H11F6NO2. The van der Waals surface area contributed by atoms with Gasteiger partial charge in [0.05, 0.1) is 16.7 Å². The van der Waals surface area contributed by atoms with E-state index in [2.05, 4.69) is 5.32 Å². The molecule has 3 nitrogen and oxygen atoms in total. The standard InChI is InChI=1S/C21H11F6NO2/c22-20(23,24)12-7-11(8-13(9-12)21(25,26)27)18-6-5-14(30-18)10-16-15-3-1-2-4-17(15)28-19(16)29/h1-10H,(H,28,29)/b16-10+. The highest BCUT2D eigenvalue weighted by molar-refractivity contribution is 6.34. The molecule has 1 aliphatic heterocycles. The molecule has 2 heterocycles. The van der Waals surface area contributed by atoms with Gasteiger partial charge in [0, 0.05) is 16.8 Å². The lowest BCUT2D eigenvalue weighted by Crippen LogP contribution is -2.11. The molecule has 0 aliphatic carbocycles. The molecule has 0 radical (unpaired) electrons. The van der Waals surface area contributed by atoms with Gasteiger partial charge in [-0.2, -0.15) is 26.3 Å². The van der Waals surface area contributed by atoms with E-state index in [0.29, 0.717) is 23.4 Å². The average molecular weight is 423 g/mol. The highest BCUT2D eigenvalue weighted by Crippen LogP contribution is 2.39. The molecule has 4 rings (SSSR count). The van der Waals surface area contributed by atoms with E-state index in [4.69, 9.17) is 4.42 Å². The quantitative estimate of drug-likeness (QED) is 0.379. The topological polar surface area (TPSA) is 42.2 Å². The first-order chi connectivity index (χ1) is 14.0. The molecular weight excluding hydrogens is 412 g/mol. The molecule has 1 amide bonds. The molecule has 154 valence electrons. The van der Waals surface area contributed by atoms with Crippen LogP contribution in [0.1, 0.15) is 22.5 Å². The average Bonchev–Trinajstić information content (AvgIpc) is 3.25. The molecule has 0 bridgehead atoms. The Morgan fingerprint density at radius 2 is 1.47 bits per heavy atom. The minimum Gasteiger partial charge on any atom is -0.457 e. The summed E-state index contributed by atoms with van der Waals surface area (Å²) in [5, 5.41) is 2.66. The lowest BCUT2D eigenvalue weighted by Gasteiger charge is -2.13. The van der Waals surface area contributed by atoms with Crippen LogP contribution in [-0.4, -0.2) is 5.91 Å². The third-order valence-corrected chi connectivity index (χ3v) is 4.50. The zero-order valence-electron chi connectivity index (χ0n) is 14.9. The summed E-state index contributed by atoms with van der Waals surface area (Å²) in [4.78, 5) is 12.2. The van der Waals surface area contributed by atoms with Crippen LogP contribution in [0.15, 0.2) is 59.0 Å². The van der Waals surface area contributed by atoms with Gasteiger partial charge in [0.2, 0.25) is 0 Å². The van der Waals surface area contributed by atoms with E-state index in [1.165, 1.54) is 18.2 Å². The molecule has 1 aliphatic rings. The number of carbonyl (C=O) groups excluding carboxylic acids is 1. The summed E-state index contributed by atoms with van der Waals surface area (Å²) in [5.41, 5.74) is -1.78. The van der Waals surface area contributed by atoms with Gasteiger partial charge in [-0.1, -0.05) is 18.2 Å². The second-order valence-corrected chi connectivity index (χ2v) is 6.55. The monoisotopic (exact) mass is 423 g/mol. The van der Waals surface area contributed by atoms with Crippen LogP contribution in [0, 0.1) is 0 Å². The zero-order chi connectivity index (χ0) is 21.7. The molecule has 30 heavy (non-hydrogen) atoms. The van der Waals surface area contributed by atoms with Crippen molar-refractivity contribution >= 4 is 23.2 Å². The number of benzene rings is 2. The van der Waals surface area contributed by atoms with Gasteiger partial charge in [0.15, 0.2) is 0 Å². The molecule has 0 saturated carbocycles. The van der Waals surface area contributed by atoms with Gasteiger partial charge >= 0.3 is 12.4 Å². The predicted octanol–water partition coefficient (Wildman–Crippen LogP) is 6.48. The highest BCUT2D eigenvalue weighted by atomic mass is 19.4. The summed E-state index contributed by atoms with van der Waals surface area (Å²) in [5.74, 6) is -0.476. The number of nitrogens with one attached hydrogen (secondary N) is 1. The van der Waals surface area contributed by atoms with Crippen molar-refractivity contribution < 1.29 is 35.6 Å². The zero-order valence-corrected chi connectivity index (χ0v) is 14.9. The van der Waals surface area contributed by atoms with Gasteiger partial charge in [0.25, 0.3) is 5.91 Å². The van der Waals surface area contributed by atoms with E-state index in [1.54, 1.807) is 24.3 Å². The Balaban J connectivity index is 1.76. The second-order valence-electron chi connectivity index (χ2n) is 6.55. The fourth-order valence-electron chi connectivity index (χ4n) is 3.11. The van der Waals surface area contributed by atoms with Crippen LogP contribution in [0.3, 0.4) is 0 Å². The van der Waals surface area contributed by atoms with Crippen LogP contribution in [-0.2, 0) is 17.1 Å². The number of para-hydroxylation sites is 1. The van der Waals surface area contributed by atoms with E-state index >= 15 is 0 Å². The number of rotatable bonds is 2. The Morgan fingerprint density at radius 1 is 0.833 bits per heavy atom. The van der Waals surface area contributed by atoms with Gasteiger partial charge in [-0.05, 0) is 42.5 Å². The number of carbonyl (C=O) groups is 1. The smallest absolute Gasteiger partial charge is 0.416 e. The molecule has 0 atom stereocenters. The molecule has 0 spiro atoms. The lowest BCUT2D eigenvalue weighted by molar-refractivity contribution is -0.143. The summed E-state index contributed by atoms with van der Waals surface area (Å²) < 4.78 is 83.8. The van der Waals surface area contributed by atoms with E-state index in [1.807, 2.05) is 0 Å². The third-order valence-electron chi connectivity index (χ3n) is 4.50. The Kier molecular flexibility index (Phi) is 4.48. The number of hydrogen-bond donors (Lipinski definition) is 1. The normalized spacial score (nSPS) is 15.4. The molecule has 1 aromatic heterocycles. The largest absolute Gasteiger partial charge is 0.457 e. The van der Waals surface area contributed by atoms with Crippen molar-refractivity contribution in [2.45, 2.75) is 12.4 Å². The number of amides is 1. The van der Waals surface area contributed by atoms with E-state index < -0.39 is 29.4 Å². The maximum absolute atomic E-state index is 13.1. The Morgan fingerprint density at radius 3 is 2.10 bits per heavy atom. The fourth-order valence-corrected chi connectivity index (χ4v) is 3.11. The summed E-state index contributed by atoms with van der Waals surface area (Å²) in [7, 11) is 0. The number of alkyl halides is 6. The lowest BCUT2D eigenvalue weighted by atomic mass is 10.0. The van der Waals surface area contributed by atoms with Gasteiger partial charge < -0.3 is 9.73 Å². The van der Waals surface area contributed by atoms with E-state index in [9.17, 15) is 31.1 Å². The summed E-state index contributed by atoms with van der Waals surface area (Å²) >= 11 is 0. The molecule has 9 heteroatoms. The van der Waals surface area contributed by atoms with Crippen molar-refractivity contribution in [1.29, 1.82) is 0 Å². The number of furan rings is 1. The van der Waals surface area contributed by atoms with Crippen molar-refractivity contribution in [3.63, 3.8) is 0 Å². The molecule has 3 aromatic rings. The van der Waals surface area contributed by atoms with Crippen molar-refractivity contribution in [3.8, 4) is 11.3 Å². The van der Waals surface area contributed by atoms with Crippen LogP contribution in [0.5, 0.6) is 0 Å². The summed E-state index contributed by atoms with van der Waals surface area (Å²) in [6, 6.07) is 10.7. The first-order valence-electron chi connectivity index (χ1n) is 8.54. The molecule has 0 unspecified atom stereocenters. The minimum absolute atomic E-state index is 0.0507. The number of anilines is 1. The van der Waals surface area contributed by atoms with Gasteiger partial charge in [-0.25, -0.2) is 0 Å². The van der Waals surface area contributed by atoms with Gasteiger partial charge in [-0.3, -0.25) is 4.79 Å². The molecule has 2 aromatic carbocycles. The van der Waals surface area contributed by atoms with Gasteiger partial charge in [0.1, 0.15) is 11.5 Å². The molecule has 0 fully saturated rings. The highest BCUT2D eigenvalue weighted by Gasteiger charge is 2.37. The van der Waals surface area contributed by atoms with Crippen LogP contribution in [0.25, 0.3) is 23.0 Å². The molecule has 0 saturated heterocycles. The Bertz CT molecular complexity index is 1140. The van der Waals surface area contributed by atoms with E-state index in [-0.39, 0.29) is 28.7 Å². The Hall–Kier alpha value is -3.49. The van der Waals surface area contributed by atoms with Crippen molar-refractivity contribution in [3.05, 3.63) is 77.0 Å². The van der Waals surface area contributed by atoms with Crippen LogP contribution >= 0.6 is 0 Å². The minimum atomic E-state index is -4.96. The van der Waals surface area contributed by atoms with Crippen molar-refractivity contribution in [2.75, 3.05) is 5.32 Å². The number of halogens is 6. The second kappa shape index (κ2) is 6.79. The summed E-state index contributed by atoms with van der Waals surface area (Å²) in [6.07, 6.45) is -8.54. The van der Waals surface area contributed by atoms with Crippen LogP contribution in [0.4, 0.5) is 32.0 Å². The van der Waals surface area contributed by atoms with E-state index in [0.717, 1.165) is 0 Å².